The molecule has 0 amide bonds. The molecule has 0 radical (unpaired) electrons. The molecule has 0 saturated carbocycles. The summed E-state index contributed by atoms with van der Waals surface area (Å²) >= 11 is 0. The predicted molar refractivity (Wildman–Crippen MR) is 41.2 cm³/mol. The number of nitrogens with zero attached hydrogens (tertiary/aromatic N) is 1. The molecule has 0 spiro atoms. The van der Waals surface area contributed by atoms with Crippen molar-refractivity contribution >= 4 is 0 Å². The summed E-state index contributed by atoms with van der Waals surface area (Å²) in [4.78, 5) is 4.05. The van der Waals surface area contributed by atoms with Crippen LogP contribution in [0.5, 0.6) is 0 Å². The topological polar surface area (TPSA) is 12.9 Å². The molecular weight excluding hydrogens is 160 g/mol. The monoisotopic (exact) mass is 169 g/mol. The Labute approximate surface area is 69.4 Å². The minimum Gasteiger partial charge on any atom is -0.261 e. The van der Waals surface area contributed by atoms with E-state index in [1.807, 2.05) is 0 Å². The lowest BCUT2D eigenvalue weighted by Crippen LogP contribution is -2.26. The van der Waals surface area contributed by atoms with E-state index in [0.717, 1.165) is 5.69 Å². The molecule has 1 heterocycles. The zero-order valence-electron chi connectivity index (χ0n) is 6.56. The second kappa shape index (κ2) is 2.51. The van der Waals surface area contributed by atoms with Crippen molar-refractivity contribution in [3.63, 3.8) is 0 Å². The maximum Gasteiger partial charge on any atom is 0.252 e. The largest absolute Gasteiger partial charge is 0.261 e. The fourth-order valence-electron chi connectivity index (χ4n) is 1.53. The number of halogens is 2. The van der Waals surface area contributed by atoms with Crippen molar-refractivity contribution in [2.75, 3.05) is 0 Å². The average Bonchev–Trinajstić information content (AvgIpc) is 2.02. The van der Waals surface area contributed by atoms with Crippen molar-refractivity contribution in [1.82, 2.24) is 4.98 Å². The first-order chi connectivity index (χ1) is 5.67. The van der Waals surface area contributed by atoms with Crippen molar-refractivity contribution in [3.05, 3.63) is 29.6 Å². The van der Waals surface area contributed by atoms with Crippen molar-refractivity contribution in [2.45, 2.75) is 25.2 Å². The van der Waals surface area contributed by atoms with Crippen molar-refractivity contribution in [3.8, 4) is 0 Å². The van der Waals surface area contributed by atoms with E-state index in [2.05, 4.69) is 4.98 Å². The Morgan fingerprint density at radius 3 is 3.08 bits per heavy atom. The standard InChI is InChI=1S/C9H9F2N/c10-9(11)4-3-8-7(6-9)2-1-5-12-8/h1-2,5H,3-4,6H2. The van der Waals surface area contributed by atoms with Crippen molar-refractivity contribution in [2.24, 2.45) is 0 Å². The highest BCUT2D eigenvalue weighted by Crippen LogP contribution is 2.31. The van der Waals surface area contributed by atoms with Crippen LogP contribution in [-0.4, -0.2) is 10.9 Å². The Morgan fingerprint density at radius 2 is 2.25 bits per heavy atom. The number of rotatable bonds is 0. The Balaban J connectivity index is 2.35. The quantitative estimate of drug-likeness (QED) is 0.580. The predicted octanol–water partition coefficient (Wildman–Crippen LogP) is 2.21. The van der Waals surface area contributed by atoms with E-state index in [9.17, 15) is 8.78 Å². The molecule has 1 aliphatic rings. The number of hydrogen-bond donors (Lipinski definition) is 0. The first-order valence-electron chi connectivity index (χ1n) is 3.98. The van der Waals surface area contributed by atoms with Crippen LogP contribution < -0.4 is 0 Å². The number of alkyl halides is 2. The van der Waals surface area contributed by atoms with Crippen molar-refractivity contribution < 1.29 is 8.78 Å². The van der Waals surface area contributed by atoms with Gasteiger partial charge < -0.3 is 0 Å². The molecule has 1 aromatic rings. The van der Waals surface area contributed by atoms with Crippen LogP contribution in [0.15, 0.2) is 18.3 Å². The second-order valence-electron chi connectivity index (χ2n) is 3.14. The number of fused-ring (bicyclic) bond motifs is 1. The SMILES string of the molecule is FC1(F)CCc2ncccc2C1. The van der Waals surface area contributed by atoms with Gasteiger partial charge in [-0.05, 0) is 18.1 Å². The lowest BCUT2D eigenvalue weighted by Gasteiger charge is -2.22. The molecule has 0 atom stereocenters. The van der Waals surface area contributed by atoms with Gasteiger partial charge in [-0.3, -0.25) is 4.98 Å². The smallest absolute Gasteiger partial charge is 0.252 e. The van der Waals surface area contributed by atoms with E-state index in [0.29, 0.717) is 12.0 Å². The van der Waals surface area contributed by atoms with Crippen molar-refractivity contribution in [1.29, 1.82) is 0 Å². The van der Waals surface area contributed by atoms with Gasteiger partial charge in [-0.15, -0.1) is 0 Å². The molecule has 2 rings (SSSR count). The number of aryl methyl sites for hydroxylation is 1. The van der Waals surface area contributed by atoms with Crippen LogP contribution in [0.4, 0.5) is 8.78 Å². The molecule has 64 valence electrons. The van der Waals surface area contributed by atoms with Gasteiger partial charge in [0.25, 0.3) is 5.92 Å². The van der Waals surface area contributed by atoms with E-state index >= 15 is 0 Å². The zero-order chi connectivity index (χ0) is 8.60. The Kier molecular flexibility index (Phi) is 1.60. The first-order valence-corrected chi connectivity index (χ1v) is 3.98. The fraction of sp³-hybridized carbons (Fsp3) is 0.444. The molecular formula is C9H9F2N. The van der Waals surface area contributed by atoms with Gasteiger partial charge in [0.05, 0.1) is 0 Å². The van der Waals surface area contributed by atoms with E-state index in [4.69, 9.17) is 0 Å². The first kappa shape index (κ1) is 7.65. The molecule has 1 nitrogen and oxygen atoms in total. The summed E-state index contributed by atoms with van der Waals surface area (Å²) in [7, 11) is 0. The van der Waals surface area contributed by atoms with Gasteiger partial charge in [-0.2, -0.15) is 0 Å². The van der Waals surface area contributed by atoms with Gasteiger partial charge in [-0.1, -0.05) is 6.07 Å². The van der Waals surface area contributed by atoms with Gasteiger partial charge in [0.15, 0.2) is 0 Å². The summed E-state index contributed by atoms with van der Waals surface area (Å²) < 4.78 is 25.7. The van der Waals surface area contributed by atoms with Crippen LogP contribution in [0.1, 0.15) is 17.7 Å². The third-order valence-corrected chi connectivity index (χ3v) is 2.16. The molecule has 0 unspecified atom stereocenters. The van der Waals surface area contributed by atoms with Crippen LogP contribution >= 0.6 is 0 Å². The molecule has 1 aliphatic carbocycles. The van der Waals surface area contributed by atoms with Gasteiger partial charge in [0.1, 0.15) is 0 Å². The third-order valence-electron chi connectivity index (χ3n) is 2.16. The van der Waals surface area contributed by atoms with Crippen LogP contribution in [-0.2, 0) is 12.8 Å². The highest BCUT2D eigenvalue weighted by Gasteiger charge is 2.34. The fourth-order valence-corrected chi connectivity index (χ4v) is 1.53. The van der Waals surface area contributed by atoms with Gasteiger partial charge >= 0.3 is 0 Å². The number of pyridine rings is 1. The number of aromatic nitrogens is 1. The van der Waals surface area contributed by atoms with Crippen LogP contribution in [0, 0.1) is 0 Å². The second-order valence-corrected chi connectivity index (χ2v) is 3.14. The van der Waals surface area contributed by atoms with E-state index in [-0.39, 0.29) is 12.8 Å². The van der Waals surface area contributed by atoms with Gasteiger partial charge in [0.2, 0.25) is 0 Å². The molecule has 0 N–H and O–H groups in total. The van der Waals surface area contributed by atoms with Gasteiger partial charge in [0, 0.05) is 24.7 Å². The molecule has 0 saturated heterocycles. The summed E-state index contributed by atoms with van der Waals surface area (Å²) in [5.41, 5.74) is 1.54. The summed E-state index contributed by atoms with van der Waals surface area (Å²) in [6.45, 7) is 0. The minimum absolute atomic E-state index is 0.0585. The van der Waals surface area contributed by atoms with Crippen LogP contribution in [0.25, 0.3) is 0 Å². The molecule has 0 aromatic carbocycles. The average molecular weight is 169 g/mol. The summed E-state index contributed by atoms with van der Waals surface area (Å²) in [6.07, 6.45) is 1.86. The van der Waals surface area contributed by atoms with Gasteiger partial charge in [-0.25, -0.2) is 8.78 Å². The maximum atomic E-state index is 12.9. The van der Waals surface area contributed by atoms with Crippen LogP contribution in [0.3, 0.4) is 0 Å². The molecule has 3 heteroatoms. The molecule has 0 aliphatic heterocycles. The lowest BCUT2D eigenvalue weighted by atomic mass is 9.93. The van der Waals surface area contributed by atoms with E-state index in [1.54, 1.807) is 18.3 Å². The summed E-state index contributed by atoms with van der Waals surface area (Å²) in [6, 6.07) is 3.44. The minimum atomic E-state index is -2.52. The lowest BCUT2D eigenvalue weighted by molar-refractivity contribution is -0.0127. The third kappa shape index (κ3) is 1.31. The highest BCUT2D eigenvalue weighted by molar-refractivity contribution is 5.24. The Morgan fingerprint density at radius 1 is 1.42 bits per heavy atom. The molecule has 1 aromatic heterocycles. The Bertz CT molecular complexity index is 296. The zero-order valence-corrected chi connectivity index (χ0v) is 6.56. The summed E-state index contributed by atoms with van der Waals surface area (Å²) in [5, 5.41) is 0. The molecule has 0 fully saturated rings. The number of hydrogen-bond acceptors (Lipinski definition) is 1. The molecule has 12 heavy (non-hydrogen) atoms. The van der Waals surface area contributed by atoms with E-state index in [1.165, 1.54) is 0 Å². The Hall–Kier alpha value is -0.990. The van der Waals surface area contributed by atoms with E-state index < -0.39 is 5.92 Å². The summed E-state index contributed by atoms with van der Waals surface area (Å²) in [5.74, 6) is -2.52. The van der Waals surface area contributed by atoms with Crippen LogP contribution in [0.2, 0.25) is 0 Å². The highest BCUT2D eigenvalue weighted by atomic mass is 19.3. The molecule has 0 bridgehead atoms. The normalized spacial score (nSPS) is 20.2. The maximum absolute atomic E-state index is 12.9.